The molecule has 1 amide bonds. The van der Waals surface area contributed by atoms with Crippen LogP contribution in [0.25, 0.3) is 0 Å². The molecule has 23 heavy (non-hydrogen) atoms. The Labute approximate surface area is 153 Å². The zero-order valence-electron chi connectivity index (χ0n) is 12.7. The quantitative estimate of drug-likeness (QED) is 0.675. The number of benzene rings is 1. The molecule has 2 aromatic rings. The number of fused-ring (bicyclic) bond motifs is 1. The van der Waals surface area contributed by atoms with Gasteiger partial charge in [-0.1, -0.05) is 41.6 Å². The van der Waals surface area contributed by atoms with Gasteiger partial charge in [-0.25, -0.2) is 4.98 Å². The second kappa shape index (κ2) is 7.24. The van der Waals surface area contributed by atoms with Crippen LogP contribution in [0.5, 0.6) is 0 Å². The molecular weight excluding hydrogens is 396 g/mol. The first-order valence-electron chi connectivity index (χ1n) is 7.39. The normalized spacial score (nSPS) is 13.8. The van der Waals surface area contributed by atoms with Gasteiger partial charge in [0.15, 0.2) is 0 Å². The fraction of sp³-hybridized carbons (Fsp3) is 0.294. The Morgan fingerprint density at radius 3 is 3.09 bits per heavy atom. The van der Waals surface area contributed by atoms with Crippen molar-refractivity contribution in [2.45, 2.75) is 24.8 Å². The highest BCUT2D eigenvalue weighted by atomic mass is 79.9. The fourth-order valence-corrected chi connectivity index (χ4v) is 4.35. The molecule has 0 saturated heterocycles. The van der Waals surface area contributed by atoms with Crippen LogP contribution in [0.1, 0.15) is 17.5 Å². The molecule has 0 atom stereocenters. The first-order valence-corrected chi connectivity index (χ1v) is 9.54. The van der Waals surface area contributed by atoms with Crippen molar-refractivity contribution in [1.29, 1.82) is 0 Å². The number of hydrogen-bond donors (Lipinski definition) is 0. The highest BCUT2D eigenvalue weighted by Gasteiger charge is 2.24. The van der Waals surface area contributed by atoms with Crippen molar-refractivity contribution in [1.82, 2.24) is 4.98 Å². The maximum absolute atomic E-state index is 12.7. The lowest BCUT2D eigenvalue weighted by molar-refractivity contribution is -0.116. The number of rotatable bonds is 3. The van der Waals surface area contributed by atoms with Crippen LogP contribution in [0.3, 0.4) is 0 Å². The minimum Gasteiger partial charge on any atom is -0.311 e. The fourth-order valence-electron chi connectivity index (χ4n) is 2.81. The maximum Gasteiger partial charge on any atom is 0.237 e. The molecule has 0 fully saturated rings. The van der Waals surface area contributed by atoms with E-state index >= 15 is 0 Å². The molecule has 0 radical (unpaired) electrons. The zero-order valence-corrected chi connectivity index (χ0v) is 15.8. The van der Waals surface area contributed by atoms with Crippen molar-refractivity contribution < 1.29 is 4.79 Å². The van der Waals surface area contributed by atoms with Crippen LogP contribution in [0.2, 0.25) is 5.02 Å². The molecule has 1 aliphatic rings. The molecule has 120 valence electrons. The molecule has 3 nitrogen and oxygen atoms in total. The van der Waals surface area contributed by atoms with E-state index in [-0.39, 0.29) is 5.91 Å². The Morgan fingerprint density at radius 1 is 1.48 bits per heavy atom. The van der Waals surface area contributed by atoms with Crippen molar-refractivity contribution in [3.05, 3.63) is 51.1 Å². The van der Waals surface area contributed by atoms with Crippen LogP contribution < -0.4 is 4.90 Å². The molecule has 0 N–H and O–H groups in total. The van der Waals surface area contributed by atoms with Crippen molar-refractivity contribution in [2.24, 2.45) is 0 Å². The van der Waals surface area contributed by atoms with Gasteiger partial charge in [-0.3, -0.25) is 4.79 Å². The smallest absolute Gasteiger partial charge is 0.237 e. The van der Waals surface area contributed by atoms with E-state index in [4.69, 9.17) is 11.6 Å². The second-order valence-electron chi connectivity index (χ2n) is 5.46. The lowest BCUT2D eigenvalue weighted by Crippen LogP contribution is -2.37. The minimum absolute atomic E-state index is 0.103. The number of aromatic nitrogens is 1. The molecule has 0 aliphatic carbocycles. The summed E-state index contributed by atoms with van der Waals surface area (Å²) in [4.78, 5) is 18.9. The summed E-state index contributed by atoms with van der Waals surface area (Å²) < 4.78 is 0.832. The van der Waals surface area contributed by atoms with E-state index in [0.717, 1.165) is 35.1 Å². The van der Waals surface area contributed by atoms with Crippen molar-refractivity contribution >= 4 is 50.9 Å². The molecule has 0 bridgehead atoms. The van der Waals surface area contributed by atoms with Gasteiger partial charge >= 0.3 is 0 Å². The number of para-hydroxylation sites is 1. The van der Waals surface area contributed by atoms with E-state index in [9.17, 15) is 4.79 Å². The topological polar surface area (TPSA) is 33.2 Å². The van der Waals surface area contributed by atoms with E-state index in [2.05, 4.69) is 46.0 Å². The highest BCUT2D eigenvalue weighted by Crippen LogP contribution is 2.32. The molecular formula is C17H16BrClN2OS. The number of amides is 1. The monoisotopic (exact) mass is 410 g/mol. The van der Waals surface area contributed by atoms with Gasteiger partial charge in [0.05, 0.1) is 10.8 Å². The van der Waals surface area contributed by atoms with Crippen LogP contribution in [-0.2, 0) is 11.2 Å². The molecule has 6 heteroatoms. The Balaban J connectivity index is 1.75. The first kappa shape index (κ1) is 16.8. The highest BCUT2D eigenvalue weighted by molar-refractivity contribution is 9.10. The third-order valence-corrected chi connectivity index (χ3v) is 5.65. The summed E-state index contributed by atoms with van der Waals surface area (Å²) in [5.74, 6) is 0.438. The number of carbonyl (C=O) groups is 1. The van der Waals surface area contributed by atoms with Gasteiger partial charge in [-0.2, -0.15) is 0 Å². The van der Waals surface area contributed by atoms with Crippen molar-refractivity contribution in [2.75, 3.05) is 17.2 Å². The maximum atomic E-state index is 12.7. The molecule has 0 saturated carbocycles. The molecule has 2 heterocycles. The van der Waals surface area contributed by atoms with E-state index in [1.54, 1.807) is 12.3 Å². The lowest BCUT2D eigenvalue weighted by Gasteiger charge is -2.31. The van der Waals surface area contributed by atoms with Gasteiger partial charge in [0, 0.05) is 22.9 Å². The number of anilines is 1. The summed E-state index contributed by atoms with van der Waals surface area (Å²) in [5, 5.41) is 1.25. The zero-order chi connectivity index (χ0) is 16.4. The summed E-state index contributed by atoms with van der Waals surface area (Å²) >= 11 is 10.9. The van der Waals surface area contributed by atoms with Crippen molar-refractivity contribution in [3.8, 4) is 0 Å². The number of hydrogen-bond acceptors (Lipinski definition) is 3. The number of halogens is 2. The summed E-state index contributed by atoms with van der Waals surface area (Å²) in [6.07, 6.45) is 3.73. The second-order valence-corrected chi connectivity index (χ2v) is 7.75. The summed E-state index contributed by atoms with van der Waals surface area (Å²) in [5.41, 5.74) is 3.49. The molecule has 1 aromatic carbocycles. The molecule has 3 rings (SSSR count). The number of nitrogens with zero attached hydrogens (tertiary/aromatic N) is 2. The third kappa shape index (κ3) is 3.73. The van der Waals surface area contributed by atoms with Crippen LogP contribution in [0.15, 0.2) is 40.0 Å². The predicted octanol–water partition coefficient (Wildman–Crippen LogP) is 4.88. The van der Waals surface area contributed by atoms with E-state index in [1.807, 2.05) is 4.90 Å². The van der Waals surface area contributed by atoms with Gasteiger partial charge in [-0.05, 0) is 52.9 Å². The Kier molecular flexibility index (Phi) is 5.29. The summed E-state index contributed by atoms with van der Waals surface area (Å²) in [6.45, 7) is 2.84. The number of pyridine rings is 1. The number of thioether (sulfide) groups is 1. The predicted molar refractivity (Wildman–Crippen MR) is 99.5 cm³/mol. The van der Waals surface area contributed by atoms with Crippen LogP contribution in [-0.4, -0.2) is 23.2 Å². The number of aryl methyl sites for hydroxylation is 2. The summed E-state index contributed by atoms with van der Waals surface area (Å²) in [6, 6.07) is 8.02. The van der Waals surface area contributed by atoms with Gasteiger partial charge < -0.3 is 4.90 Å². The van der Waals surface area contributed by atoms with Crippen LogP contribution in [0.4, 0.5) is 5.69 Å². The molecule has 0 spiro atoms. The lowest BCUT2D eigenvalue weighted by atomic mass is 9.98. The van der Waals surface area contributed by atoms with Gasteiger partial charge in [0.2, 0.25) is 5.91 Å². The standard InChI is InChI=1S/C17H16BrClN2OS/c1-11-4-2-5-12-6-3-7-21(16(11)12)15(22)10-23-17-14(19)8-13(18)9-20-17/h2,4-5,8-9H,3,6-7,10H2,1H3. The van der Waals surface area contributed by atoms with E-state index in [0.29, 0.717) is 15.8 Å². The molecule has 1 aliphatic heterocycles. The average Bonchev–Trinajstić information content (AvgIpc) is 2.53. The van der Waals surface area contributed by atoms with Crippen LogP contribution in [0, 0.1) is 6.92 Å². The molecule has 0 unspecified atom stereocenters. The minimum atomic E-state index is 0.103. The summed E-state index contributed by atoms with van der Waals surface area (Å²) in [7, 11) is 0. The SMILES string of the molecule is Cc1cccc2c1N(C(=O)CSc1ncc(Br)cc1Cl)CCC2. The van der Waals surface area contributed by atoms with E-state index < -0.39 is 0 Å². The van der Waals surface area contributed by atoms with E-state index in [1.165, 1.54) is 17.3 Å². The Bertz CT molecular complexity index is 753. The number of carbonyl (C=O) groups excluding carboxylic acids is 1. The largest absolute Gasteiger partial charge is 0.311 e. The Morgan fingerprint density at radius 2 is 2.30 bits per heavy atom. The molecule has 1 aromatic heterocycles. The average molecular weight is 412 g/mol. The third-order valence-electron chi connectivity index (χ3n) is 3.83. The first-order chi connectivity index (χ1) is 11.1. The Hall–Kier alpha value is -1.04. The van der Waals surface area contributed by atoms with Gasteiger partial charge in [-0.15, -0.1) is 0 Å². The van der Waals surface area contributed by atoms with Crippen LogP contribution >= 0.6 is 39.3 Å². The van der Waals surface area contributed by atoms with Gasteiger partial charge in [0.25, 0.3) is 0 Å². The van der Waals surface area contributed by atoms with Crippen molar-refractivity contribution in [3.63, 3.8) is 0 Å². The van der Waals surface area contributed by atoms with Gasteiger partial charge in [0.1, 0.15) is 5.03 Å².